The first-order chi connectivity index (χ1) is 9.59. The lowest BCUT2D eigenvalue weighted by molar-refractivity contribution is -0.136. The average Bonchev–Trinajstić information content (AvgIpc) is 2.95. The van der Waals surface area contributed by atoms with Gasteiger partial charge in [0.1, 0.15) is 5.25 Å². The molecule has 6 heteroatoms. The number of thioether (sulfide) groups is 1. The molecule has 1 aromatic rings. The Morgan fingerprint density at radius 3 is 2.65 bits per heavy atom. The van der Waals surface area contributed by atoms with Crippen molar-refractivity contribution in [3.8, 4) is 0 Å². The molecule has 0 amide bonds. The number of hydrogen-bond acceptors (Lipinski definition) is 5. The summed E-state index contributed by atoms with van der Waals surface area (Å²) in [4.78, 5) is 23.7. The predicted molar refractivity (Wildman–Crippen MR) is 83.4 cm³/mol. The van der Waals surface area contributed by atoms with Gasteiger partial charge in [0.2, 0.25) is 0 Å². The van der Waals surface area contributed by atoms with Crippen molar-refractivity contribution in [1.82, 2.24) is 5.32 Å². The van der Waals surface area contributed by atoms with Gasteiger partial charge in [-0.2, -0.15) is 0 Å². The van der Waals surface area contributed by atoms with Crippen molar-refractivity contribution in [1.29, 1.82) is 0 Å². The first kappa shape index (κ1) is 15.2. The molecule has 1 aliphatic heterocycles. The van der Waals surface area contributed by atoms with E-state index in [0.717, 1.165) is 0 Å². The number of benzene rings is 1. The highest BCUT2D eigenvalue weighted by Crippen LogP contribution is 2.23. The summed E-state index contributed by atoms with van der Waals surface area (Å²) in [6.07, 6.45) is 0.753. The maximum atomic E-state index is 12.0. The minimum atomic E-state index is -0.860. The summed E-state index contributed by atoms with van der Waals surface area (Å²) in [5.41, 5.74) is 0.666. The molecule has 2 unspecified atom stereocenters. The molecule has 1 fully saturated rings. The lowest BCUT2D eigenvalue weighted by Crippen LogP contribution is -2.41. The SMILES string of the molecule is O=C(CCC(=S)C1NCSC1C(=O)O)c1ccccc1. The molecule has 0 aliphatic carbocycles. The van der Waals surface area contributed by atoms with Crippen molar-refractivity contribution in [2.75, 3.05) is 5.88 Å². The number of carboxylic acid groups (broad SMARTS) is 1. The summed E-state index contributed by atoms with van der Waals surface area (Å²) in [7, 11) is 0. The highest BCUT2D eigenvalue weighted by molar-refractivity contribution is 8.01. The molecule has 106 valence electrons. The van der Waals surface area contributed by atoms with E-state index in [2.05, 4.69) is 5.32 Å². The largest absolute Gasteiger partial charge is 0.480 e. The lowest BCUT2D eigenvalue weighted by atomic mass is 10.0. The Balaban J connectivity index is 1.89. The Hall–Kier alpha value is -1.24. The van der Waals surface area contributed by atoms with Crippen LogP contribution < -0.4 is 5.32 Å². The number of carbonyl (C=O) groups excluding carboxylic acids is 1. The molecule has 1 saturated heterocycles. The summed E-state index contributed by atoms with van der Waals surface area (Å²) in [5.74, 6) is -0.249. The van der Waals surface area contributed by atoms with Crippen LogP contribution in [-0.2, 0) is 4.79 Å². The van der Waals surface area contributed by atoms with E-state index in [-0.39, 0.29) is 11.8 Å². The second kappa shape index (κ2) is 6.97. The topological polar surface area (TPSA) is 66.4 Å². The van der Waals surface area contributed by atoms with Gasteiger partial charge in [-0.1, -0.05) is 42.5 Å². The van der Waals surface area contributed by atoms with Crippen LogP contribution in [0.4, 0.5) is 0 Å². The van der Waals surface area contributed by atoms with Gasteiger partial charge in [-0.3, -0.25) is 14.9 Å². The molecule has 0 bridgehead atoms. The summed E-state index contributed by atoms with van der Waals surface area (Å²) < 4.78 is 0. The van der Waals surface area contributed by atoms with E-state index in [9.17, 15) is 9.59 Å². The van der Waals surface area contributed by atoms with Crippen molar-refractivity contribution in [2.24, 2.45) is 0 Å². The number of carbonyl (C=O) groups is 2. The lowest BCUT2D eigenvalue weighted by Gasteiger charge is -2.16. The fraction of sp³-hybridized carbons (Fsp3) is 0.357. The number of rotatable bonds is 6. The van der Waals surface area contributed by atoms with Crippen molar-refractivity contribution in [3.05, 3.63) is 35.9 Å². The number of Topliss-reactive ketones (excluding diaryl/α,β-unsaturated/α-hetero) is 1. The number of aliphatic carboxylic acids is 1. The van der Waals surface area contributed by atoms with Crippen molar-refractivity contribution >= 4 is 40.6 Å². The molecular formula is C14H15NO3S2. The van der Waals surface area contributed by atoms with E-state index in [1.54, 1.807) is 12.1 Å². The highest BCUT2D eigenvalue weighted by Gasteiger charge is 2.35. The number of ketones is 1. The second-order valence-electron chi connectivity index (χ2n) is 4.51. The number of hydrogen-bond donors (Lipinski definition) is 2. The van der Waals surface area contributed by atoms with Gasteiger partial charge in [0.25, 0.3) is 0 Å². The highest BCUT2D eigenvalue weighted by atomic mass is 32.2. The van der Waals surface area contributed by atoms with E-state index in [0.29, 0.717) is 29.1 Å². The zero-order chi connectivity index (χ0) is 14.5. The van der Waals surface area contributed by atoms with Crippen LogP contribution in [0.25, 0.3) is 0 Å². The first-order valence-corrected chi connectivity index (χ1v) is 7.74. The third kappa shape index (κ3) is 3.65. The molecule has 20 heavy (non-hydrogen) atoms. The maximum absolute atomic E-state index is 12.0. The molecule has 1 heterocycles. The summed E-state index contributed by atoms with van der Waals surface area (Å²) in [6, 6.07) is 8.72. The van der Waals surface area contributed by atoms with E-state index < -0.39 is 11.2 Å². The maximum Gasteiger partial charge on any atom is 0.318 e. The van der Waals surface area contributed by atoms with Gasteiger partial charge in [-0.25, -0.2) is 0 Å². The predicted octanol–water partition coefficient (Wildman–Crippen LogP) is 2.14. The fourth-order valence-electron chi connectivity index (χ4n) is 2.09. The minimum absolute atomic E-state index is 0.0328. The van der Waals surface area contributed by atoms with Gasteiger partial charge in [0.05, 0.1) is 6.04 Å². The molecule has 1 aromatic carbocycles. The Morgan fingerprint density at radius 1 is 1.30 bits per heavy atom. The average molecular weight is 309 g/mol. The van der Waals surface area contributed by atoms with Crippen LogP contribution in [0.3, 0.4) is 0 Å². The molecule has 2 atom stereocenters. The first-order valence-electron chi connectivity index (χ1n) is 6.28. The van der Waals surface area contributed by atoms with E-state index in [1.807, 2.05) is 18.2 Å². The van der Waals surface area contributed by atoms with Crippen molar-refractivity contribution < 1.29 is 14.7 Å². The van der Waals surface area contributed by atoms with Gasteiger partial charge < -0.3 is 5.11 Å². The molecule has 2 N–H and O–H groups in total. The van der Waals surface area contributed by atoms with Gasteiger partial charge in [0, 0.05) is 22.7 Å². The van der Waals surface area contributed by atoms with Gasteiger partial charge in [-0.05, 0) is 6.42 Å². The number of thiocarbonyl (C=S) groups is 1. The van der Waals surface area contributed by atoms with Gasteiger partial charge in [-0.15, -0.1) is 11.8 Å². The Kier molecular flexibility index (Phi) is 5.28. The molecule has 0 spiro atoms. The van der Waals surface area contributed by atoms with Crippen LogP contribution in [-0.4, -0.2) is 38.9 Å². The molecular weight excluding hydrogens is 294 g/mol. The second-order valence-corrected chi connectivity index (χ2v) is 6.16. The van der Waals surface area contributed by atoms with Crippen LogP contribution >= 0.6 is 24.0 Å². The van der Waals surface area contributed by atoms with E-state index in [4.69, 9.17) is 17.3 Å². The quantitative estimate of drug-likeness (QED) is 0.620. The number of nitrogens with one attached hydrogen (secondary N) is 1. The monoisotopic (exact) mass is 309 g/mol. The summed E-state index contributed by atoms with van der Waals surface area (Å²) in [5, 5.41) is 11.6. The molecule has 0 saturated carbocycles. The Morgan fingerprint density at radius 2 is 2.00 bits per heavy atom. The third-order valence-corrected chi connectivity index (χ3v) is 4.78. The Labute approximate surface area is 126 Å². The van der Waals surface area contributed by atoms with Gasteiger partial charge in [0.15, 0.2) is 5.78 Å². The zero-order valence-electron chi connectivity index (χ0n) is 10.7. The normalized spacial score (nSPS) is 21.6. The molecule has 2 rings (SSSR count). The minimum Gasteiger partial charge on any atom is -0.480 e. The van der Waals surface area contributed by atoms with Crippen LogP contribution in [0.1, 0.15) is 23.2 Å². The van der Waals surface area contributed by atoms with Crippen LogP contribution in [0.15, 0.2) is 30.3 Å². The van der Waals surface area contributed by atoms with Crippen LogP contribution in [0.2, 0.25) is 0 Å². The summed E-state index contributed by atoms with van der Waals surface area (Å²) >= 11 is 6.62. The molecule has 0 radical (unpaired) electrons. The molecule has 4 nitrogen and oxygen atoms in total. The van der Waals surface area contributed by atoms with E-state index in [1.165, 1.54) is 11.8 Å². The Bertz CT molecular complexity index is 518. The van der Waals surface area contributed by atoms with Crippen LogP contribution in [0.5, 0.6) is 0 Å². The standard InChI is InChI=1S/C14H15NO3S2/c16-10(9-4-2-1-3-5-9)6-7-11(19)12-13(14(17)18)20-8-15-12/h1-5,12-13,15H,6-8H2,(H,17,18). The third-order valence-electron chi connectivity index (χ3n) is 3.15. The fourth-order valence-corrected chi connectivity index (χ4v) is 3.55. The zero-order valence-corrected chi connectivity index (χ0v) is 12.4. The van der Waals surface area contributed by atoms with Crippen molar-refractivity contribution in [3.63, 3.8) is 0 Å². The smallest absolute Gasteiger partial charge is 0.318 e. The summed E-state index contributed by atoms with van der Waals surface area (Å²) in [6.45, 7) is 0. The number of carboxylic acids is 1. The van der Waals surface area contributed by atoms with Crippen LogP contribution in [0, 0.1) is 0 Å². The molecule has 0 aromatic heterocycles. The van der Waals surface area contributed by atoms with Crippen molar-refractivity contribution in [2.45, 2.75) is 24.1 Å². The molecule has 1 aliphatic rings. The van der Waals surface area contributed by atoms with E-state index >= 15 is 0 Å². The van der Waals surface area contributed by atoms with Gasteiger partial charge >= 0.3 is 5.97 Å².